The molecule has 2 rings (SSSR count). The van der Waals surface area contributed by atoms with Crippen LogP contribution in [0, 0.1) is 6.92 Å². The Hall–Kier alpha value is -0.550. The van der Waals surface area contributed by atoms with Gasteiger partial charge in [-0.2, -0.15) is 0 Å². The lowest BCUT2D eigenvalue weighted by atomic mass is 9.99. The molecule has 20 heavy (non-hydrogen) atoms. The van der Waals surface area contributed by atoms with Gasteiger partial charge < -0.3 is 9.84 Å². The molecule has 0 bridgehead atoms. The molecule has 0 aliphatic heterocycles. The highest BCUT2D eigenvalue weighted by Gasteiger charge is 2.20. The van der Waals surface area contributed by atoms with Crippen LogP contribution in [0.15, 0.2) is 39.3 Å². The van der Waals surface area contributed by atoms with E-state index >= 15 is 0 Å². The van der Waals surface area contributed by atoms with Crippen molar-refractivity contribution in [2.45, 2.75) is 13.0 Å². The minimum atomic E-state index is -0.825. The minimum Gasteiger partial charge on any atom is -0.495 e. The van der Waals surface area contributed by atoms with Crippen LogP contribution in [-0.4, -0.2) is 12.2 Å². The van der Waals surface area contributed by atoms with E-state index in [1.807, 2.05) is 25.1 Å². The van der Waals surface area contributed by atoms with E-state index < -0.39 is 6.10 Å². The molecule has 0 heterocycles. The largest absolute Gasteiger partial charge is 0.495 e. The van der Waals surface area contributed by atoms with Crippen molar-refractivity contribution in [3.8, 4) is 5.75 Å². The monoisotopic (exact) mass is 418 g/mol. The zero-order valence-electron chi connectivity index (χ0n) is 11.0. The SMILES string of the molecule is COc1c(Br)cc(Cl)cc1C(O)c1cc(C)ccc1Br. The maximum absolute atomic E-state index is 10.7. The lowest BCUT2D eigenvalue weighted by molar-refractivity contribution is 0.213. The van der Waals surface area contributed by atoms with E-state index in [1.165, 1.54) is 0 Å². The number of aryl methyl sites for hydroxylation is 1. The number of halogens is 3. The van der Waals surface area contributed by atoms with Crippen LogP contribution in [0.3, 0.4) is 0 Å². The molecule has 0 fully saturated rings. The van der Waals surface area contributed by atoms with Crippen molar-refractivity contribution < 1.29 is 9.84 Å². The summed E-state index contributed by atoms with van der Waals surface area (Å²) in [7, 11) is 1.56. The fraction of sp³-hybridized carbons (Fsp3) is 0.200. The summed E-state index contributed by atoms with van der Waals surface area (Å²) in [6, 6.07) is 9.28. The summed E-state index contributed by atoms with van der Waals surface area (Å²) >= 11 is 12.9. The third-order valence-electron chi connectivity index (χ3n) is 2.98. The second-order valence-electron chi connectivity index (χ2n) is 4.44. The molecule has 1 unspecified atom stereocenters. The standard InChI is InChI=1S/C15H13Br2ClO2/c1-8-3-4-12(16)10(5-8)14(19)11-6-9(18)7-13(17)15(11)20-2/h3-7,14,19H,1-2H3. The zero-order chi connectivity index (χ0) is 14.9. The van der Waals surface area contributed by atoms with Gasteiger partial charge in [-0.05, 0) is 46.6 Å². The highest BCUT2D eigenvalue weighted by molar-refractivity contribution is 9.10. The smallest absolute Gasteiger partial charge is 0.139 e. The van der Waals surface area contributed by atoms with Gasteiger partial charge in [-0.15, -0.1) is 0 Å². The zero-order valence-corrected chi connectivity index (χ0v) is 14.9. The quantitative estimate of drug-likeness (QED) is 0.734. The first-order valence-electron chi connectivity index (χ1n) is 5.91. The normalized spacial score (nSPS) is 12.3. The number of rotatable bonds is 3. The fourth-order valence-corrected chi connectivity index (χ4v) is 3.50. The Bertz CT molecular complexity index is 644. The van der Waals surface area contributed by atoms with Gasteiger partial charge >= 0.3 is 0 Å². The predicted molar refractivity (Wildman–Crippen MR) is 88.6 cm³/mol. The van der Waals surface area contributed by atoms with E-state index in [4.69, 9.17) is 16.3 Å². The van der Waals surface area contributed by atoms with Gasteiger partial charge in [-0.25, -0.2) is 0 Å². The molecule has 0 radical (unpaired) electrons. The Morgan fingerprint density at radius 3 is 2.45 bits per heavy atom. The molecule has 0 aliphatic carbocycles. The Morgan fingerprint density at radius 2 is 1.80 bits per heavy atom. The molecule has 0 saturated heterocycles. The Morgan fingerprint density at radius 1 is 1.10 bits per heavy atom. The lowest BCUT2D eigenvalue weighted by Gasteiger charge is -2.18. The van der Waals surface area contributed by atoms with Crippen molar-refractivity contribution in [1.82, 2.24) is 0 Å². The first-order chi connectivity index (χ1) is 9.43. The van der Waals surface area contributed by atoms with E-state index in [2.05, 4.69) is 31.9 Å². The lowest BCUT2D eigenvalue weighted by Crippen LogP contribution is -2.04. The molecule has 106 valence electrons. The van der Waals surface area contributed by atoms with Crippen LogP contribution in [-0.2, 0) is 0 Å². The number of hydrogen-bond acceptors (Lipinski definition) is 2. The summed E-state index contributed by atoms with van der Waals surface area (Å²) in [6.07, 6.45) is -0.825. The molecule has 2 nitrogen and oxygen atoms in total. The van der Waals surface area contributed by atoms with Gasteiger partial charge in [0.25, 0.3) is 0 Å². The van der Waals surface area contributed by atoms with Crippen molar-refractivity contribution in [2.24, 2.45) is 0 Å². The Balaban J connectivity index is 2.58. The fourth-order valence-electron chi connectivity index (χ4n) is 2.04. The van der Waals surface area contributed by atoms with Crippen LogP contribution in [0.2, 0.25) is 5.02 Å². The van der Waals surface area contributed by atoms with Gasteiger partial charge in [-0.3, -0.25) is 0 Å². The maximum Gasteiger partial charge on any atom is 0.139 e. The highest BCUT2D eigenvalue weighted by atomic mass is 79.9. The third-order valence-corrected chi connectivity index (χ3v) is 4.51. The first-order valence-corrected chi connectivity index (χ1v) is 7.87. The summed E-state index contributed by atoms with van der Waals surface area (Å²) in [6.45, 7) is 1.98. The second-order valence-corrected chi connectivity index (χ2v) is 6.58. The van der Waals surface area contributed by atoms with Gasteiger partial charge in [0, 0.05) is 15.1 Å². The minimum absolute atomic E-state index is 0.538. The Kier molecular flexibility index (Phi) is 5.13. The average molecular weight is 421 g/mol. The number of aliphatic hydroxyl groups is 1. The van der Waals surface area contributed by atoms with Gasteiger partial charge in [0.05, 0.1) is 11.6 Å². The number of ether oxygens (including phenoxy) is 1. The van der Waals surface area contributed by atoms with E-state index in [-0.39, 0.29) is 0 Å². The predicted octanol–water partition coefficient (Wildman–Crippen LogP) is 5.26. The van der Waals surface area contributed by atoms with E-state index in [0.717, 1.165) is 15.6 Å². The molecule has 5 heteroatoms. The van der Waals surface area contributed by atoms with E-state index in [1.54, 1.807) is 19.2 Å². The summed E-state index contributed by atoms with van der Waals surface area (Å²) in [5.41, 5.74) is 2.47. The number of methoxy groups -OCH3 is 1. The maximum atomic E-state index is 10.7. The van der Waals surface area contributed by atoms with Gasteiger partial charge in [0.2, 0.25) is 0 Å². The molecule has 0 saturated carbocycles. The van der Waals surface area contributed by atoms with Crippen molar-refractivity contribution in [3.63, 3.8) is 0 Å². The molecule has 0 spiro atoms. The second kappa shape index (κ2) is 6.48. The molecule has 0 aromatic heterocycles. The average Bonchev–Trinajstić information content (AvgIpc) is 2.40. The molecule has 1 N–H and O–H groups in total. The summed E-state index contributed by atoms with van der Waals surface area (Å²) in [5, 5.41) is 11.2. The molecule has 2 aromatic rings. The van der Waals surface area contributed by atoms with Gasteiger partial charge in [0.1, 0.15) is 11.9 Å². The van der Waals surface area contributed by atoms with Crippen molar-refractivity contribution in [1.29, 1.82) is 0 Å². The van der Waals surface area contributed by atoms with Crippen LogP contribution in [0.5, 0.6) is 5.75 Å². The number of aliphatic hydroxyl groups excluding tert-OH is 1. The van der Waals surface area contributed by atoms with Crippen molar-refractivity contribution >= 4 is 43.5 Å². The summed E-state index contributed by atoms with van der Waals surface area (Å²) in [5.74, 6) is 0.579. The summed E-state index contributed by atoms with van der Waals surface area (Å²) in [4.78, 5) is 0. The number of benzene rings is 2. The first kappa shape index (κ1) is 15.8. The molecular formula is C15H13Br2ClO2. The topological polar surface area (TPSA) is 29.5 Å². The third kappa shape index (κ3) is 3.19. The van der Waals surface area contributed by atoms with Crippen LogP contribution < -0.4 is 4.74 Å². The molecule has 0 aliphatic rings. The van der Waals surface area contributed by atoms with Gasteiger partial charge in [0.15, 0.2) is 0 Å². The van der Waals surface area contributed by atoms with Gasteiger partial charge in [-0.1, -0.05) is 45.2 Å². The van der Waals surface area contributed by atoms with Crippen LogP contribution in [0.4, 0.5) is 0 Å². The molecule has 1 atom stereocenters. The number of hydrogen-bond donors (Lipinski definition) is 1. The van der Waals surface area contributed by atoms with Crippen molar-refractivity contribution in [3.05, 3.63) is 61.0 Å². The van der Waals surface area contributed by atoms with Crippen LogP contribution >= 0.6 is 43.5 Å². The van der Waals surface area contributed by atoms with Crippen LogP contribution in [0.1, 0.15) is 22.8 Å². The molecule has 2 aromatic carbocycles. The van der Waals surface area contributed by atoms with Crippen LogP contribution in [0.25, 0.3) is 0 Å². The van der Waals surface area contributed by atoms with E-state index in [9.17, 15) is 5.11 Å². The Labute approximate surface area is 140 Å². The summed E-state index contributed by atoms with van der Waals surface area (Å²) < 4.78 is 6.92. The highest BCUT2D eigenvalue weighted by Crippen LogP contribution is 2.40. The van der Waals surface area contributed by atoms with Crippen molar-refractivity contribution in [2.75, 3.05) is 7.11 Å². The molecule has 0 amide bonds. The van der Waals surface area contributed by atoms with E-state index in [0.29, 0.717) is 20.8 Å². The molecular weight excluding hydrogens is 407 g/mol.